The minimum atomic E-state index is -0.0296. The van der Waals surface area contributed by atoms with Gasteiger partial charge < -0.3 is 4.74 Å². The van der Waals surface area contributed by atoms with Gasteiger partial charge in [-0.3, -0.25) is 9.36 Å². The third-order valence-electron chi connectivity index (χ3n) is 2.62. The maximum absolute atomic E-state index is 11.8. The normalized spacial score (nSPS) is 20.8. The zero-order chi connectivity index (χ0) is 10.8. The Bertz CT molecular complexity index is 410. The van der Waals surface area contributed by atoms with Gasteiger partial charge in [-0.1, -0.05) is 0 Å². The Kier molecular flexibility index (Phi) is 3.21. The van der Waals surface area contributed by atoms with Crippen LogP contribution in [0.1, 0.15) is 18.7 Å². The summed E-state index contributed by atoms with van der Waals surface area (Å²) in [6, 6.07) is 0. The van der Waals surface area contributed by atoms with Crippen LogP contribution >= 0.6 is 15.9 Å². The van der Waals surface area contributed by atoms with Crippen molar-refractivity contribution in [2.24, 2.45) is 0 Å². The molecule has 0 radical (unpaired) electrons. The van der Waals surface area contributed by atoms with Crippen molar-refractivity contribution >= 4 is 15.9 Å². The summed E-state index contributed by atoms with van der Waals surface area (Å²) in [4.78, 5) is 15.9. The minimum absolute atomic E-state index is 0.0296. The van der Waals surface area contributed by atoms with Crippen LogP contribution in [0.15, 0.2) is 15.5 Å². The summed E-state index contributed by atoms with van der Waals surface area (Å²) in [5.74, 6) is 0.735. The Morgan fingerprint density at radius 3 is 3.20 bits per heavy atom. The number of aromatic nitrogens is 2. The molecule has 0 spiro atoms. The molecule has 0 aromatic carbocycles. The molecule has 1 aliphatic rings. The first-order valence-corrected chi connectivity index (χ1v) is 5.81. The van der Waals surface area contributed by atoms with Gasteiger partial charge in [0.1, 0.15) is 10.3 Å². The van der Waals surface area contributed by atoms with Gasteiger partial charge in [0.15, 0.2) is 0 Å². The monoisotopic (exact) mass is 272 g/mol. The average Bonchev–Trinajstić information content (AvgIpc) is 2.71. The summed E-state index contributed by atoms with van der Waals surface area (Å²) < 4.78 is 7.68. The first-order chi connectivity index (χ1) is 7.18. The summed E-state index contributed by atoms with van der Waals surface area (Å²) >= 11 is 3.19. The Labute approximate surface area is 96.4 Å². The third-order valence-corrected chi connectivity index (χ3v) is 3.16. The van der Waals surface area contributed by atoms with Gasteiger partial charge in [-0.05, 0) is 35.7 Å². The predicted octanol–water partition coefficient (Wildman–Crippen LogP) is 1.49. The second-order valence-electron chi connectivity index (χ2n) is 3.70. The van der Waals surface area contributed by atoms with Gasteiger partial charge in [-0.2, -0.15) is 0 Å². The summed E-state index contributed by atoms with van der Waals surface area (Å²) in [5, 5.41) is 0. The standard InChI is InChI=1S/C10H13BrN2O2/c1-7-12-5-9(11)10(14)13(7)6-8-3-2-4-15-8/h5,8H,2-4,6H2,1H3. The fourth-order valence-electron chi connectivity index (χ4n) is 1.76. The average molecular weight is 273 g/mol. The third kappa shape index (κ3) is 2.29. The number of halogens is 1. The van der Waals surface area contributed by atoms with Crippen LogP contribution in [-0.4, -0.2) is 22.3 Å². The summed E-state index contributed by atoms with van der Waals surface area (Å²) in [6.45, 7) is 3.25. The van der Waals surface area contributed by atoms with Crippen molar-refractivity contribution in [2.75, 3.05) is 6.61 Å². The molecule has 0 saturated carbocycles. The number of ether oxygens (including phenoxy) is 1. The molecule has 82 valence electrons. The lowest BCUT2D eigenvalue weighted by atomic mass is 10.2. The van der Waals surface area contributed by atoms with Crippen LogP contribution in [0.2, 0.25) is 0 Å². The maximum Gasteiger partial charge on any atom is 0.267 e. The number of aryl methyl sites for hydroxylation is 1. The summed E-state index contributed by atoms with van der Waals surface area (Å²) in [5.41, 5.74) is -0.0296. The zero-order valence-corrected chi connectivity index (χ0v) is 10.2. The van der Waals surface area contributed by atoms with Crippen LogP contribution in [0, 0.1) is 6.92 Å². The first-order valence-electron chi connectivity index (χ1n) is 5.02. The zero-order valence-electron chi connectivity index (χ0n) is 8.57. The molecule has 1 saturated heterocycles. The molecule has 0 N–H and O–H groups in total. The molecule has 5 heteroatoms. The molecule has 1 unspecified atom stereocenters. The van der Waals surface area contributed by atoms with Crippen molar-refractivity contribution in [3.63, 3.8) is 0 Å². The number of hydrogen-bond acceptors (Lipinski definition) is 3. The SMILES string of the molecule is Cc1ncc(Br)c(=O)n1CC1CCCO1. The molecule has 1 aliphatic heterocycles. The molecular formula is C10H13BrN2O2. The van der Waals surface area contributed by atoms with Gasteiger partial charge in [0, 0.05) is 12.8 Å². The second-order valence-corrected chi connectivity index (χ2v) is 4.56. The van der Waals surface area contributed by atoms with Crippen molar-refractivity contribution in [3.8, 4) is 0 Å². The molecule has 0 amide bonds. The van der Waals surface area contributed by atoms with Crippen LogP contribution in [0.5, 0.6) is 0 Å². The minimum Gasteiger partial charge on any atom is -0.376 e. The van der Waals surface area contributed by atoms with E-state index in [1.807, 2.05) is 6.92 Å². The molecule has 1 fully saturated rings. The Morgan fingerprint density at radius 2 is 2.53 bits per heavy atom. The fraction of sp³-hybridized carbons (Fsp3) is 0.600. The molecule has 4 nitrogen and oxygen atoms in total. The quantitative estimate of drug-likeness (QED) is 0.820. The van der Waals surface area contributed by atoms with E-state index in [9.17, 15) is 4.79 Å². The van der Waals surface area contributed by atoms with E-state index >= 15 is 0 Å². The lowest BCUT2D eigenvalue weighted by Gasteiger charge is -2.13. The Hall–Kier alpha value is -0.680. The molecule has 2 heterocycles. The highest BCUT2D eigenvalue weighted by Crippen LogP contribution is 2.14. The number of rotatable bonds is 2. The Balaban J connectivity index is 2.26. The summed E-state index contributed by atoms with van der Waals surface area (Å²) in [6.07, 6.45) is 3.82. The van der Waals surface area contributed by atoms with Gasteiger partial charge in [0.2, 0.25) is 0 Å². The lowest BCUT2D eigenvalue weighted by Crippen LogP contribution is -2.29. The van der Waals surface area contributed by atoms with Gasteiger partial charge >= 0.3 is 0 Å². The second kappa shape index (κ2) is 4.45. The van der Waals surface area contributed by atoms with Crippen molar-refractivity contribution in [1.29, 1.82) is 0 Å². The maximum atomic E-state index is 11.8. The predicted molar refractivity (Wildman–Crippen MR) is 59.9 cm³/mol. The van der Waals surface area contributed by atoms with Gasteiger partial charge in [0.25, 0.3) is 5.56 Å². The highest BCUT2D eigenvalue weighted by atomic mass is 79.9. The van der Waals surface area contributed by atoms with E-state index in [0.29, 0.717) is 11.0 Å². The van der Waals surface area contributed by atoms with E-state index in [0.717, 1.165) is 25.3 Å². The van der Waals surface area contributed by atoms with Crippen molar-refractivity contribution < 1.29 is 4.74 Å². The van der Waals surface area contributed by atoms with E-state index in [1.54, 1.807) is 10.8 Å². The van der Waals surface area contributed by atoms with Crippen molar-refractivity contribution in [3.05, 3.63) is 26.8 Å². The number of nitrogens with zero attached hydrogens (tertiary/aromatic N) is 2. The van der Waals surface area contributed by atoms with E-state index in [4.69, 9.17) is 4.74 Å². The van der Waals surface area contributed by atoms with Gasteiger partial charge in [-0.15, -0.1) is 0 Å². The fourth-order valence-corrected chi connectivity index (χ4v) is 2.07. The summed E-state index contributed by atoms with van der Waals surface area (Å²) in [7, 11) is 0. The van der Waals surface area contributed by atoms with Crippen LogP contribution in [0.3, 0.4) is 0 Å². The van der Waals surface area contributed by atoms with E-state index in [2.05, 4.69) is 20.9 Å². The Morgan fingerprint density at radius 1 is 1.73 bits per heavy atom. The highest BCUT2D eigenvalue weighted by Gasteiger charge is 2.18. The lowest BCUT2D eigenvalue weighted by molar-refractivity contribution is 0.0952. The number of hydrogen-bond donors (Lipinski definition) is 0. The highest BCUT2D eigenvalue weighted by molar-refractivity contribution is 9.10. The molecule has 2 rings (SSSR count). The van der Waals surface area contributed by atoms with Gasteiger partial charge in [0.05, 0.1) is 12.6 Å². The molecule has 0 aliphatic carbocycles. The molecule has 0 bridgehead atoms. The van der Waals surface area contributed by atoms with E-state index < -0.39 is 0 Å². The smallest absolute Gasteiger partial charge is 0.267 e. The molecular weight excluding hydrogens is 260 g/mol. The molecule has 1 atom stereocenters. The van der Waals surface area contributed by atoms with Crippen LogP contribution < -0.4 is 5.56 Å². The first kappa shape index (κ1) is 10.8. The van der Waals surface area contributed by atoms with Crippen LogP contribution in [-0.2, 0) is 11.3 Å². The van der Waals surface area contributed by atoms with Crippen LogP contribution in [0.4, 0.5) is 0 Å². The van der Waals surface area contributed by atoms with E-state index in [-0.39, 0.29) is 11.7 Å². The van der Waals surface area contributed by atoms with Crippen molar-refractivity contribution in [2.45, 2.75) is 32.4 Å². The van der Waals surface area contributed by atoms with Crippen molar-refractivity contribution in [1.82, 2.24) is 9.55 Å². The largest absolute Gasteiger partial charge is 0.376 e. The molecule has 15 heavy (non-hydrogen) atoms. The van der Waals surface area contributed by atoms with E-state index in [1.165, 1.54) is 0 Å². The van der Waals surface area contributed by atoms with Gasteiger partial charge in [-0.25, -0.2) is 4.98 Å². The molecule has 1 aromatic rings. The topological polar surface area (TPSA) is 44.1 Å². The molecule has 1 aromatic heterocycles. The van der Waals surface area contributed by atoms with Crippen LogP contribution in [0.25, 0.3) is 0 Å².